The van der Waals surface area contributed by atoms with Crippen LogP contribution in [-0.2, 0) is 14.3 Å². The van der Waals surface area contributed by atoms with Crippen molar-refractivity contribution in [1.29, 1.82) is 0 Å². The molecule has 2 N–H and O–H groups in total. The smallest absolute Gasteiger partial charge is 0.303 e. The van der Waals surface area contributed by atoms with Crippen LogP contribution in [0.1, 0.15) is 46.0 Å². The van der Waals surface area contributed by atoms with E-state index >= 15 is 0 Å². The van der Waals surface area contributed by atoms with Crippen molar-refractivity contribution in [2.45, 2.75) is 46.0 Å². The second-order valence-corrected chi connectivity index (χ2v) is 5.99. The Kier molecular flexibility index (Phi) is 6.28. The Labute approximate surface area is 114 Å². The average molecular weight is 271 g/mol. The van der Waals surface area contributed by atoms with Crippen LogP contribution in [0.15, 0.2) is 0 Å². The summed E-state index contributed by atoms with van der Waals surface area (Å²) in [6.07, 6.45) is 3.22. The van der Waals surface area contributed by atoms with Gasteiger partial charge in [-0.25, -0.2) is 0 Å². The summed E-state index contributed by atoms with van der Waals surface area (Å²) in [5, 5.41) is 11.6. The van der Waals surface area contributed by atoms with Crippen molar-refractivity contribution in [2.75, 3.05) is 19.8 Å². The largest absolute Gasteiger partial charge is 0.481 e. The van der Waals surface area contributed by atoms with Crippen molar-refractivity contribution < 1.29 is 19.4 Å². The molecule has 0 aliphatic carbocycles. The summed E-state index contributed by atoms with van der Waals surface area (Å²) in [6, 6.07) is 0. The maximum Gasteiger partial charge on any atom is 0.303 e. The van der Waals surface area contributed by atoms with Crippen molar-refractivity contribution in [3.8, 4) is 0 Å². The molecule has 1 heterocycles. The van der Waals surface area contributed by atoms with Gasteiger partial charge in [0.2, 0.25) is 5.91 Å². The Morgan fingerprint density at radius 3 is 2.47 bits per heavy atom. The van der Waals surface area contributed by atoms with Gasteiger partial charge in [0.25, 0.3) is 0 Å². The van der Waals surface area contributed by atoms with Crippen LogP contribution in [0.25, 0.3) is 0 Å². The van der Waals surface area contributed by atoms with E-state index in [0.717, 1.165) is 19.3 Å². The molecule has 0 spiro atoms. The first kappa shape index (κ1) is 16.0. The zero-order valence-corrected chi connectivity index (χ0v) is 11.9. The van der Waals surface area contributed by atoms with Crippen LogP contribution in [0.5, 0.6) is 0 Å². The van der Waals surface area contributed by atoms with Crippen LogP contribution >= 0.6 is 0 Å². The molecule has 0 aromatic rings. The molecule has 0 aromatic carbocycles. The Morgan fingerprint density at radius 1 is 1.26 bits per heavy atom. The van der Waals surface area contributed by atoms with Crippen LogP contribution in [-0.4, -0.2) is 36.7 Å². The van der Waals surface area contributed by atoms with Gasteiger partial charge in [0.1, 0.15) is 0 Å². The van der Waals surface area contributed by atoms with E-state index in [0.29, 0.717) is 26.2 Å². The minimum absolute atomic E-state index is 0.0542. The fourth-order valence-corrected chi connectivity index (χ4v) is 2.20. The summed E-state index contributed by atoms with van der Waals surface area (Å²) in [5.74, 6) is -0.576. The Bertz CT molecular complexity index is 309. The van der Waals surface area contributed by atoms with E-state index in [2.05, 4.69) is 5.32 Å². The second kappa shape index (κ2) is 7.48. The minimum Gasteiger partial charge on any atom is -0.481 e. The molecule has 110 valence electrons. The molecule has 0 radical (unpaired) electrons. The topological polar surface area (TPSA) is 75.6 Å². The number of aliphatic carboxylic acids is 1. The lowest BCUT2D eigenvalue weighted by atomic mass is 9.84. The lowest BCUT2D eigenvalue weighted by Crippen LogP contribution is -2.36. The van der Waals surface area contributed by atoms with Gasteiger partial charge in [-0.15, -0.1) is 0 Å². The van der Waals surface area contributed by atoms with Gasteiger partial charge in [-0.1, -0.05) is 13.8 Å². The van der Waals surface area contributed by atoms with E-state index in [1.165, 1.54) is 0 Å². The van der Waals surface area contributed by atoms with Gasteiger partial charge in [0, 0.05) is 32.1 Å². The second-order valence-electron chi connectivity index (χ2n) is 5.99. The number of rotatable bonds is 7. The fourth-order valence-electron chi connectivity index (χ4n) is 2.20. The Balaban J connectivity index is 2.20. The number of carboxylic acid groups (broad SMARTS) is 1. The van der Waals surface area contributed by atoms with E-state index in [1.807, 2.05) is 13.8 Å². The Hall–Kier alpha value is -1.10. The molecule has 0 unspecified atom stereocenters. The minimum atomic E-state index is -0.765. The average Bonchev–Trinajstić information content (AvgIpc) is 2.37. The number of carbonyl (C=O) groups is 2. The number of ether oxygens (including phenoxy) is 1. The lowest BCUT2D eigenvalue weighted by molar-refractivity contribution is -0.137. The van der Waals surface area contributed by atoms with E-state index < -0.39 is 5.97 Å². The number of amides is 1. The molecule has 5 nitrogen and oxygen atoms in total. The normalized spacial score (nSPS) is 17.2. The van der Waals surface area contributed by atoms with Gasteiger partial charge in [0.15, 0.2) is 0 Å². The molecule has 1 fully saturated rings. The molecule has 1 saturated heterocycles. The van der Waals surface area contributed by atoms with Crippen molar-refractivity contribution in [2.24, 2.45) is 11.3 Å². The summed E-state index contributed by atoms with van der Waals surface area (Å²) < 4.78 is 5.23. The molecule has 1 rings (SSSR count). The number of hydrogen-bond donors (Lipinski definition) is 2. The predicted octanol–water partition coefficient (Wildman–Crippen LogP) is 1.81. The molecule has 1 aliphatic rings. The molecule has 0 aromatic heterocycles. The van der Waals surface area contributed by atoms with E-state index in [-0.39, 0.29) is 23.7 Å². The van der Waals surface area contributed by atoms with Crippen molar-refractivity contribution in [1.82, 2.24) is 5.32 Å². The third-order valence-corrected chi connectivity index (χ3v) is 3.71. The van der Waals surface area contributed by atoms with Crippen LogP contribution in [0.3, 0.4) is 0 Å². The van der Waals surface area contributed by atoms with Gasteiger partial charge in [-0.3, -0.25) is 9.59 Å². The lowest BCUT2D eigenvalue weighted by Gasteiger charge is -2.25. The summed E-state index contributed by atoms with van der Waals surface area (Å²) in [5.41, 5.74) is -0.0542. The highest BCUT2D eigenvalue weighted by molar-refractivity contribution is 5.78. The summed E-state index contributed by atoms with van der Waals surface area (Å²) in [4.78, 5) is 22.4. The predicted molar refractivity (Wildman–Crippen MR) is 71.8 cm³/mol. The quantitative estimate of drug-likeness (QED) is 0.740. The highest BCUT2D eigenvalue weighted by Crippen LogP contribution is 2.26. The van der Waals surface area contributed by atoms with Crippen molar-refractivity contribution in [3.63, 3.8) is 0 Å². The van der Waals surface area contributed by atoms with Crippen LogP contribution in [0.4, 0.5) is 0 Å². The SMILES string of the molecule is CC(C)(CCNC(=O)C1CCOCC1)CCC(=O)O. The molecular formula is C14H25NO4. The molecular weight excluding hydrogens is 246 g/mol. The van der Waals surface area contributed by atoms with Gasteiger partial charge in [0.05, 0.1) is 0 Å². The first-order chi connectivity index (χ1) is 8.91. The van der Waals surface area contributed by atoms with Crippen LogP contribution < -0.4 is 5.32 Å². The maximum absolute atomic E-state index is 11.9. The van der Waals surface area contributed by atoms with E-state index in [4.69, 9.17) is 9.84 Å². The highest BCUT2D eigenvalue weighted by atomic mass is 16.5. The molecule has 1 amide bonds. The van der Waals surface area contributed by atoms with Gasteiger partial charge in [-0.2, -0.15) is 0 Å². The van der Waals surface area contributed by atoms with Crippen LogP contribution in [0.2, 0.25) is 0 Å². The monoisotopic (exact) mass is 271 g/mol. The van der Waals surface area contributed by atoms with E-state index in [1.54, 1.807) is 0 Å². The highest BCUT2D eigenvalue weighted by Gasteiger charge is 2.23. The van der Waals surface area contributed by atoms with Crippen LogP contribution in [0, 0.1) is 11.3 Å². The Morgan fingerprint density at radius 2 is 1.89 bits per heavy atom. The molecule has 0 saturated carbocycles. The third kappa shape index (κ3) is 6.57. The molecule has 1 aliphatic heterocycles. The zero-order valence-electron chi connectivity index (χ0n) is 11.9. The number of hydrogen-bond acceptors (Lipinski definition) is 3. The third-order valence-electron chi connectivity index (χ3n) is 3.71. The first-order valence-corrected chi connectivity index (χ1v) is 6.98. The fraction of sp³-hybridized carbons (Fsp3) is 0.857. The maximum atomic E-state index is 11.9. The molecule has 0 atom stereocenters. The number of carbonyl (C=O) groups excluding carboxylic acids is 1. The summed E-state index contributed by atoms with van der Waals surface area (Å²) in [6.45, 7) is 6.03. The van der Waals surface area contributed by atoms with Gasteiger partial charge >= 0.3 is 5.97 Å². The number of nitrogens with one attached hydrogen (secondary N) is 1. The van der Waals surface area contributed by atoms with Gasteiger partial charge in [-0.05, 0) is 31.1 Å². The van der Waals surface area contributed by atoms with Crippen molar-refractivity contribution >= 4 is 11.9 Å². The van der Waals surface area contributed by atoms with Gasteiger partial charge < -0.3 is 15.2 Å². The molecule has 0 bridgehead atoms. The molecule has 5 heteroatoms. The summed E-state index contributed by atoms with van der Waals surface area (Å²) in [7, 11) is 0. The standard InChI is InChI=1S/C14H25NO4/c1-14(2,6-3-12(16)17)7-8-15-13(18)11-4-9-19-10-5-11/h11H,3-10H2,1-2H3,(H,15,18)(H,16,17). The van der Waals surface area contributed by atoms with E-state index in [9.17, 15) is 9.59 Å². The first-order valence-electron chi connectivity index (χ1n) is 6.98. The zero-order chi connectivity index (χ0) is 14.3. The molecule has 19 heavy (non-hydrogen) atoms. The number of carboxylic acids is 1. The summed E-state index contributed by atoms with van der Waals surface area (Å²) >= 11 is 0. The van der Waals surface area contributed by atoms with Crippen molar-refractivity contribution in [3.05, 3.63) is 0 Å².